The molecule has 6 nitrogen and oxygen atoms in total. The van der Waals surface area contributed by atoms with Gasteiger partial charge in [0.2, 0.25) is 11.8 Å². The van der Waals surface area contributed by atoms with E-state index in [1.807, 2.05) is 30.9 Å². The number of methoxy groups -OCH3 is 1. The van der Waals surface area contributed by atoms with E-state index >= 15 is 0 Å². The predicted molar refractivity (Wildman–Crippen MR) is 104 cm³/mol. The Morgan fingerprint density at radius 1 is 1.07 bits per heavy atom. The van der Waals surface area contributed by atoms with Gasteiger partial charge in [0.05, 0.1) is 7.11 Å². The van der Waals surface area contributed by atoms with E-state index in [1.54, 1.807) is 12.0 Å². The molecule has 0 N–H and O–H groups in total. The fourth-order valence-electron chi connectivity index (χ4n) is 3.95. The van der Waals surface area contributed by atoms with Crippen LogP contribution in [0, 0.1) is 5.92 Å². The lowest BCUT2D eigenvalue weighted by Gasteiger charge is -2.37. The molecule has 27 heavy (non-hydrogen) atoms. The van der Waals surface area contributed by atoms with Crippen molar-refractivity contribution in [3.8, 4) is 5.75 Å². The van der Waals surface area contributed by atoms with Gasteiger partial charge in [0.15, 0.2) is 0 Å². The molecule has 2 amide bonds. The highest BCUT2D eigenvalue weighted by molar-refractivity contribution is 5.89. The second-order valence-electron chi connectivity index (χ2n) is 7.79. The van der Waals surface area contributed by atoms with E-state index in [-0.39, 0.29) is 23.8 Å². The zero-order chi connectivity index (χ0) is 19.4. The van der Waals surface area contributed by atoms with Crippen LogP contribution in [-0.4, -0.2) is 72.4 Å². The number of hydrogen-bond acceptors (Lipinski definition) is 4. The Balaban J connectivity index is 1.52. The van der Waals surface area contributed by atoms with Crippen molar-refractivity contribution in [1.29, 1.82) is 0 Å². The fraction of sp³-hybridized carbons (Fsp3) is 0.619. The molecule has 0 bridgehead atoms. The van der Waals surface area contributed by atoms with E-state index in [0.717, 1.165) is 51.3 Å². The molecule has 2 heterocycles. The monoisotopic (exact) mass is 373 g/mol. The van der Waals surface area contributed by atoms with Gasteiger partial charge in [-0.2, -0.15) is 0 Å². The first-order chi connectivity index (χ1) is 13.0. The summed E-state index contributed by atoms with van der Waals surface area (Å²) in [7, 11) is 1.67. The minimum atomic E-state index is -0.256. The highest BCUT2D eigenvalue weighted by Gasteiger charge is 2.37. The van der Waals surface area contributed by atoms with Crippen molar-refractivity contribution in [2.24, 2.45) is 5.92 Å². The van der Waals surface area contributed by atoms with Crippen LogP contribution >= 0.6 is 0 Å². The molecule has 2 fully saturated rings. The maximum absolute atomic E-state index is 13.0. The van der Waals surface area contributed by atoms with Crippen molar-refractivity contribution < 1.29 is 14.3 Å². The number of amides is 2. The van der Waals surface area contributed by atoms with E-state index in [1.165, 1.54) is 5.56 Å². The van der Waals surface area contributed by atoms with E-state index in [2.05, 4.69) is 17.0 Å². The zero-order valence-corrected chi connectivity index (χ0v) is 16.7. The molecule has 2 saturated heterocycles. The molecule has 0 aliphatic carbocycles. The standard InChI is InChI=1S/C21H31N3O3/c1-16(2)20(25)24-10-4-5-19(24)21(26)23-13-11-22(12-14-23)15-17-6-8-18(27-3)9-7-17/h6-9,16,19H,4-5,10-15H2,1-3H3/t19-/m0/s1. The third kappa shape index (κ3) is 4.61. The van der Waals surface area contributed by atoms with Crippen molar-refractivity contribution in [2.75, 3.05) is 39.8 Å². The van der Waals surface area contributed by atoms with Crippen LogP contribution in [0.5, 0.6) is 5.75 Å². The summed E-state index contributed by atoms with van der Waals surface area (Å²) in [6.07, 6.45) is 1.72. The van der Waals surface area contributed by atoms with E-state index in [0.29, 0.717) is 6.54 Å². The topological polar surface area (TPSA) is 53.1 Å². The SMILES string of the molecule is COc1ccc(CN2CCN(C(=O)[C@@H]3CCCN3C(=O)C(C)C)CC2)cc1. The van der Waals surface area contributed by atoms with E-state index in [4.69, 9.17) is 4.74 Å². The number of likely N-dealkylation sites (tertiary alicyclic amines) is 1. The molecule has 0 saturated carbocycles. The third-order valence-electron chi connectivity index (χ3n) is 5.56. The number of ether oxygens (including phenoxy) is 1. The molecular weight excluding hydrogens is 342 g/mol. The number of benzene rings is 1. The molecule has 6 heteroatoms. The van der Waals surface area contributed by atoms with Gasteiger partial charge < -0.3 is 14.5 Å². The van der Waals surface area contributed by atoms with Crippen LogP contribution in [0.1, 0.15) is 32.3 Å². The summed E-state index contributed by atoms with van der Waals surface area (Å²) < 4.78 is 5.20. The molecule has 0 radical (unpaired) electrons. The van der Waals surface area contributed by atoms with Crippen molar-refractivity contribution in [1.82, 2.24) is 14.7 Å². The number of hydrogen-bond donors (Lipinski definition) is 0. The first-order valence-electron chi connectivity index (χ1n) is 9.94. The quantitative estimate of drug-likeness (QED) is 0.792. The third-order valence-corrected chi connectivity index (χ3v) is 5.56. The van der Waals surface area contributed by atoms with Gasteiger partial charge in [-0.1, -0.05) is 26.0 Å². The summed E-state index contributed by atoms with van der Waals surface area (Å²) in [5, 5.41) is 0. The number of carbonyl (C=O) groups is 2. The lowest BCUT2D eigenvalue weighted by molar-refractivity contribution is -0.146. The zero-order valence-electron chi connectivity index (χ0n) is 16.7. The minimum absolute atomic E-state index is 0.0558. The van der Waals surface area contributed by atoms with Gasteiger partial charge in [-0.05, 0) is 30.5 Å². The van der Waals surface area contributed by atoms with Crippen LogP contribution < -0.4 is 4.74 Å². The summed E-state index contributed by atoms with van der Waals surface area (Å²) in [6.45, 7) is 8.59. The molecule has 0 unspecified atom stereocenters. The lowest BCUT2D eigenvalue weighted by Crippen LogP contribution is -2.54. The molecule has 1 aromatic carbocycles. The molecule has 3 rings (SSSR count). The largest absolute Gasteiger partial charge is 0.497 e. The average molecular weight is 373 g/mol. The average Bonchev–Trinajstić information content (AvgIpc) is 3.17. The Hall–Kier alpha value is -2.08. The van der Waals surface area contributed by atoms with Gasteiger partial charge in [-0.3, -0.25) is 14.5 Å². The molecule has 148 valence electrons. The number of rotatable bonds is 5. The number of piperazine rings is 1. The van der Waals surface area contributed by atoms with Crippen molar-refractivity contribution >= 4 is 11.8 Å². The van der Waals surface area contributed by atoms with Crippen molar-refractivity contribution in [3.63, 3.8) is 0 Å². The smallest absolute Gasteiger partial charge is 0.245 e. The van der Waals surface area contributed by atoms with Crippen molar-refractivity contribution in [3.05, 3.63) is 29.8 Å². The van der Waals surface area contributed by atoms with Crippen LogP contribution in [0.4, 0.5) is 0 Å². The Labute approximate surface area is 162 Å². The van der Waals surface area contributed by atoms with Crippen LogP contribution in [0.3, 0.4) is 0 Å². The summed E-state index contributed by atoms with van der Waals surface area (Å²) in [5.41, 5.74) is 1.25. The molecule has 2 aliphatic rings. The molecule has 0 spiro atoms. The van der Waals surface area contributed by atoms with Gasteiger partial charge in [-0.25, -0.2) is 0 Å². The highest BCUT2D eigenvalue weighted by Crippen LogP contribution is 2.22. The first kappa shape index (κ1) is 19.7. The maximum Gasteiger partial charge on any atom is 0.245 e. The van der Waals surface area contributed by atoms with Gasteiger partial charge in [0.25, 0.3) is 0 Å². The summed E-state index contributed by atoms with van der Waals surface area (Å²) in [6, 6.07) is 7.88. The number of nitrogens with zero attached hydrogens (tertiary/aromatic N) is 3. The molecule has 0 aromatic heterocycles. The van der Waals surface area contributed by atoms with Crippen LogP contribution in [-0.2, 0) is 16.1 Å². The predicted octanol–water partition coefficient (Wildman–Crippen LogP) is 1.99. The summed E-state index contributed by atoms with van der Waals surface area (Å²) >= 11 is 0. The summed E-state index contributed by atoms with van der Waals surface area (Å²) in [4.78, 5) is 31.5. The van der Waals surface area contributed by atoms with Gasteiger partial charge in [0.1, 0.15) is 11.8 Å². The Morgan fingerprint density at radius 2 is 1.74 bits per heavy atom. The molecular formula is C21H31N3O3. The van der Waals surface area contributed by atoms with Crippen LogP contribution in [0.15, 0.2) is 24.3 Å². The normalized spacial score (nSPS) is 21.0. The van der Waals surface area contributed by atoms with Gasteiger partial charge in [0, 0.05) is 45.2 Å². The minimum Gasteiger partial charge on any atom is -0.497 e. The van der Waals surface area contributed by atoms with Crippen molar-refractivity contribution in [2.45, 2.75) is 39.3 Å². The second kappa shape index (κ2) is 8.74. The Bertz CT molecular complexity index is 651. The van der Waals surface area contributed by atoms with Crippen LogP contribution in [0.2, 0.25) is 0 Å². The Morgan fingerprint density at radius 3 is 2.33 bits per heavy atom. The first-order valence-corrected chi connectivity index (χ1v) is 9.94. The summed E-state index contributed by atoms with van der Waals surface area (Å²) in [5.74, 6) is 1.04. The maximum atomic E-state index is 13.0. The highest BCUT2D eigenvalue weighted by atomic mass is 16.5. The van der Waals surface area contributed by atoms with E-state index < -0.39 is 0 Å². The van der Waals surface area contributed by atoms with Crippen LogP contribution in [0.25, 0.3) is 0 Å². The van der Waals surface area contributed by atoms with Gasteiger partial charge in [-0.15, -0.1) is 0 Å². The molecule has 1 atom stereocenters. The number of carbonyl (C=O) groups excluding carboxylic acids is 2. The molecule has 2 aliphatic heterocycles. The second-order valence-corrected chi connectivity index (χ2v) is 7.79. The molecule has 1 aromatic rings. The Kier molecular flexibility index (Phi) is 6.37. The van der Waals surface area contributed by atoms with E-state index in [9.17, 15) is 9.59 Å². The lowest BCUT2D eigenvalue weighted by atomic mass is 10.1. The van der Waals surface area contributed by atoms with Gasteiger partial charge >= 0.3 is 0 Å². The fourth-order valence-corrected chi connectivity index (χ4v) is 3.95.